The number of hydrogen-bond donors (Lipinski definition) is 2. The van der Waals surface area contributed by atoms with Crippen molar-refractivity contribution in [2.45, 2.75) is 12.7 Å². The van der Waals surface area contributed by atoms with Crippen LogP contribution in [0.25, 0.3) is 0 Å². The molecule has 0 aliphatic carbocycles. The molecule has 3 N–H and O–H groups in total. The van der Waals surface area contributed by atoms with Crippen LogP contribution in [-0.2, 0) is 9.53 Å². The van der Waals surface area contributed by atoms with Gasteiger partial charge in [0.2, 0.25) is 0 Å². The highest BCUT2D eigenvalue weighted by Crippen LogP contribution is 2.36. The van der Waals surface area contributed by atoms with Gasteiger partial charge in [0.15, 0.2) is 5.75 Å². The first-order valence-corrected chi connectivity index (χ1v) is 6.12. The fourth-order valence-corrected chi connectivity index (χ4v) is 1.94. The van der Waals surface area contributed by atoms with E-state index in [4.69, 9.17) is 33.7 Å². The Kier molecular flexibility index (Phi) is 6.41. The summed E-state index contributed by atoms with van der Waals surface area (Å²) in [6.45, 7) is -3.07. The Morgan fingerprint density at radius 3 is 2.35 bits per heavy atom. The molecule has 0 saturated carbocycles. The number of carbonyl (C=O) groups excluding carboxylic acids is 1. The van der Waals surface area contributed by atoms with Crippen molar-refractivity contribution in [2.75, 3.05) is 19.0 Å². The fourth-order valence-electron chi connectivity index (χ4n) is 1.37. The average Bonchev–Trinajstić information content (AvgIpc) is 2.35. The molecule has 1 amide bonds. The van der Waals surface area contributed by atoms with Crippen LogP contribution < -0.4 is 15.8 Å². The van der Waals surface area contributed by atoms with Crippen LogP contribution in [0.5, 0.6) is 5.75 Å². The number of rotatable bonds is 6. The molecule has 1 aromatic carbocycles. The second-order valence-corrected chi connectivity index (χ2v) is 4.41. The van der Waals surface area contributed by atoms with Gasteiger partial charge in [-0.05, 0) is 12.1 Å². The van der Waals surface area contributed by atoms with Crippen molar-refractivity contribution in [3.05, 3.63) is 22.2 Å². The maximum absolute atomic E-state index is 12.1. The Morgan fingerprint density at radius 2 is 1.95 bits per heavy atom. The molecule has 1 rings (SSSR count). The first-order chi connectivity index (χ1) is 9.38. The van der Waals surface area contributed by atoms with E-state index >= 15 is 0 Å². The van der Waals surface area contributed by atoms with Gasteiger partial charge in [0, 0.05) is 19.3 Å². The zero-order valence-corrected chi connectivity index (χ0v) is 11.8. The van der Waals surface area contributed by atoms with Gasteiger partial charge in [0.1, 0.15) is 6.10 Å². The van der Waals surface area contributed by atoms with E-state index in [0.29, 0.717) is 0 Å². The van der Waals surface area contributed by atoms with E-state index in [1.165, 1.54) is 19.2 Å². The number of ether oxygens (including phenoxy) is 2. The molecule has 0 fully saturated rings. The summed E-state index contributed by atoms with van der Waals surface area (Å²) in [6.07, 6.45) is -0.843. The van der Waals surface area contributed by atoms with Gasteiger partial charge < -0.3 is 20.5 Å². The number of benzene rings is 1. The molecule has 20 heavy (non-hydrogen) atoms. The molecule has 0 aromatic heterocycles. The van der Waals surface area contributed by atoms with Gasteiger partial charge >= 0.3 is 6.61 Å². The van der Waals surface area contributed by atoms with Crippen molar-refractivity contribution in [2.24, 2.45) is 5.73 Å². The lowest BCUT2D eigenvalue weighted by Gasteiger charge is -2.15. The Bertz CT molecular complexity index is 462. The summed E-state index contributed by atoms with van der Waals surface area (Å²) in [6, 6.07) is 2.46. The molecule has 0 aliphatic rings. The lowest BCUT2D eigenvalue weighted by molar-refractivity contribution is -0.125. The van der Waals surface area contributed by atoms with Crippen LogP contribution in [-0.4, -0.2) is 32.3 Å². The van der Waals surface area contributed by atoms with Gasteiger partial charge in [-0.15, -0.1) is 0 Å². The molecule has 1 atom stereocenters. The minimum atomic E-state index is -3.06. The van der Waals surface area contributed by atoms with E-state index in [9.17, 15) is 13.6 Å². The summed E-state index contributed by atoms with van der Waals surface area (Å²) >= 11 is 11.5. The third-order valence-electron chi connectivity index (χ3n) is 2.26. The van der Waals surface area contributed by atoms with Crippen molar-refractivity contribution in [1.82, 2.24) is 0 Å². The quantitative estimate of drug-likeness (QED) is 0.841. The van der Waals surface area contributed by atoms with E-state index in [2.05, 4.69) is 10.1 Å². The number of carbonyl (C=O) groups is 1. The van der Waals surface area contributed by atoms with E-state index in [-0.39, 0.29) is 28.0 Å². The standard InChI is InChI=1S/C11H12Cl2F2N2O3/c1-19-8(4-16)10(18)17-5-2-6(12)9(7(13)3-5)20-11(14)15/h2-3,8,11H,4,16H2,1H3,(H,17,18). The molecule has 1 unspecified atom stereocenters. The van der Waals surface area contributed by atoms with Crippen LogP contribution in [0, 0.1) is 0 Å². The van der Waals surface area contributed by atoms with Gasteiger partial charge in [0.25, 0.3) is 5.91 Å². The van der Waals surface area contributed by atoms with E-state index in [1.54, 1.807) is 0 Å². The van der Waals surface area contributed by atoms with Crippen LogP contribution in [0.2, 0.25) is 10.0 Å². The first-order valence-electron chi connectivity index (χ1n) is 5.36. The van der Waals surface area contributed by atoms with Crippen LogP contribution in [0.3, 0.4) is 0 Å². The predicted octanol–water partition coefficient (Wildman–Crippen LogP) is 2.51. The number of nitrogens with two attached hydrogens (primary N) is 1. The number of halogens is 4. The van der Waals surface area contributed by atoms with Gasteiger partial charge in [-0.1, -0.05) is 23.2 Å². The number of methoxy groups -OCH3 is 1. The smallest absolute Gasteiger partial charge is 0.387 e. The highest BCUT2D eigenvalue weighted by atomic mass is 35.5. The number of alkyl halides is 2. The molecule has 0 radical (unpaired) electrons. The molecule has 0 spiro atoms. The minimum absolute atomic E-state index is 0.0175. The maximum Gasteiger partial charge on any atom is 0.387 e. The lowest BCUT2D eigenvalue weighted by atomic mass is 10.2. The van der Waals surface area contributed by atoms with Crippen LogP contribution in [0.15, 0.2) is 12.1 Å². The van der Waals surface area contributed by atoms with Crippen LogP contribution in [0.1, 0.15) is 0 Å². The lowest BCUT2D eigenvalue weighted by Crippen LogP contribution is -2.35. The second kappa shape index (κ2) is 7.58. The van der Waals surface area contributed by atoms with Gasteiger partial charge in [-0.3, -0.25) is 4.79 Å². The highest BCUT2D eigenvalue weighted by molar-refractivity contribution is 6.37. The van der Waals surface area contributed by atoms with Gasteiger partial charge in [0.05, 0.1) is 10.0 Å². The van der Waals surface area contributed by atoms with E-state index in [1.807, 2.05) is 0 Å². The Hall–Kier alpha value is -1.15. The Labute approximate surface area is 123 Å². The second-order valence-electron chi connectivity index (χ2n) is 3.60. The molecule has 0 aliphatic heterocycles. The zero-order valence-electron chi connectivity index (χ0n) is 10.3. The number of hydrogen-bond acceptors (Lipinski definition) is 4. The third kappa shape index (κ3) is 4.45. The van der Waals surface area contributed by atoms with Crippen LogP contribution >= 0.6 is 23.2 Å². The highest BCUT2D eigenvalue weighted by Gasteiger charge is 2.18. The Balaban J connectivity index is 2.91. The van der Waals surface area contributed by atoms with Crippen molar-refractivity contribution in [1.29, 1.82) is 0 Å². The fraction of sp³-hybridized carbons (Fsp3) is 0.364. The summed E-state index contributed by atoms with van der Waals surface area (Å²) in [5, 5.41) is 2.14. The van der Waals surface area contributed by atoms with Gasteiger partial charge in [-0.2, -0.15) is 8.78 Å². The largest absolute Gasteiger partial charge is 0.432 e. The summed E-state index contributed by atoms with van der Waals surface area (Å²) in [4.78, 5) is 11.7. The molecule has 112 valence electrons. The number of anilines is 1. The zero-order chi connectivity index (χ0) is 15.3. The molecule has 0 heterocycles. The van der Waals surface area contributed by atoms with Crippen molar-refractivity contribution in [3.63, 3.8) is 0 Å². The third-order valence-corrected chi connectivity index (χ3v) is 2.83. The summed E-state index contributed by atoms with van der Waals surface area (Å²) in [5.74, 6) is -0.867. The molecule has 9 heteroatoms. The average molecular weight is 329 g/mol. The molecule has 0 bridgehead atoms. The monoisotopic (exact) mass is 328 g/mol. The SMILES string of the molecule is COC(CN)C(=O)Nc1cc(Cl)c(OC(F)F)c(Cl)c1. The Morgan fingerprint density at radius 1 is 1.40 bits per heavy atom. The van der Waals surface area contributed by atoms with E-state index < -0.39 is 18.6 Å². The summed E-state index contributed by atoms with van der Waals surface area (Å²) in [5.41, 5.74) is 5.55. The number of nitrogens with one attached hydrogen (secondary N) is 1. The molecular formula is C11H12Cl2F2N2O3. The summed E-state index contributed by atoms with van der Waals surface area (Å²) < 4.78 is 33.3. The molecule has 0 saturated heterocycles. The molecule has 1 aromatic rings. The topological polar surface area (TPSA) is 73.6 Å². The van der Waals surface area contributed by atoms with Crippen LogP contribution in [0.4, 0.5) is 14.5 Å². The van der Waals surface area contributed by atoms with Gasteiger partial charge in [-0.25, -0.2) is 0 Å². The predicted molar refractivity (Wildman–Crippen MR) is 71.6 cm³/mol. The molecule has 5 nitrogen and oxygen atoms in total. The van der Waals surface area contributed by atoms with Crippen molar-refractivity contribution >= 4 is 34.8 Å². The van der Waals surface area contributed by atoms with E-state index in [0.717, 1.165) is 0 Å². The van der Waals surface area contributed by atoms with Crippen molar-refractivity contribution < 1.29 is 23.0 Å². The number of amides is 1. The summed E-state index contributed by atoms with van der Waals surface area (Å²) in [7, 11) is 1.33. The minimum Gasteiger partial charge on any atom is -0.432 e. The molecular weight excluding hydrogens is 317 g/mol. The normalized spacial score (nSPS) is 12.3. The first kappa shape index (κ1) is 16.9. The maximum atomic E-state index is 12.1. The van der Waals surface area contributed by atoms with Crippen molar-refractivity contribution in [3.8, 4) is 5.75 Å².